The van der Waals surface area contributed by atoms with Crippen LogP contribution in [-0.4, -0.2) is 83.4 Å². The van der Waals surface area contributed by atoms with Crippen LogP contribution in [0.4, 0.5) is 4.79 Å². The van der Waals surface area contributed by atoms with E-state index in [1.807, 2.05) is 6.92 Å². The van der Waals surface area contributed by atoms with Crippen molar-refractivity contribution in [3.05, 3.63) is 0 Å². The molecule has 5 N–H and O–H groups in total. The lowest BCUT2D eigenvalue weighted by Crippen LogP contribution is -2.65. The van der Waals surface area contributed by atoms with Crippen molar-refractivity contribution in [3.8, 4) is 0 Å². The number of hydrogen-bond donors (Lipinski definition) is 5. The summed E-state index contributed by atoms with van der Waals surface area (Å²) in [7, 11) is 0. The van der Waals surface area contributed by atoms with Gasteiger partial charge in [-0.15, -0.1) is 0 Å². The van der Waals surface area contributed by atoms with Crippen LogP contribution >= 0.6 is 0 Å². The van der Waals surface area contributed by atoms with Crippen molar-refractivity contribution < 1.29 is 43.6 Å². The Morgan fingerprint density at radius 3 is 2.00 bits per heavy atom. The third-order valence-corrected chi connectivity index (χ3v) is 7.60. The van der Waals surface area contributed by atoms with E-state index in [2.05, 4.69) is 16.0 Å². The van der Waals surface area contributed by atoms with Crippen LogP contribution < -0.4 is 16.0 Å². The van der Waals surface area contributed by atoms with Gasteiger partial charge in [-0.3, -0.25) is 14.4 Å². The third kappa shape index (κ3) is 10.2. The lowest BCUT2D eigenvalue weighted by molar-refractivity contribution is -0.255. The highest BCUT2D eigenvalue weighted by atomic mass is 16.7. The van der Waals surface area contributed by atoms with Crippen LogP contribution in [-0.2, 0) is 28.6 Å². The van der Waals surface area contributed by atoms with E-state index in [0.29, 0.717) is 6.42 Å². The van der Waals surface area contributed by atoms with Crippen LogP contribution in [0.2, 0.25) is 0 Å². The van der Waals surface area contributed by atoms with E-state index in [4.69, 9.17) is 14.2 Å². The summed E-state index contributed by atoms with van der Waals surface area (Å²) in [6.45, 7) is 1.39. The highest BCUT2D eigenvalue weighted by Gasteiger charge is 2.48. The van der Waals surface area contributed by atoms with Gasteiger partial charge >= 0.3 is 12.1 Å². The molecule has 1 heterocycles. The molecular weight excluding hydrogens is 510 g/mol. The molecule has 12 nitrogen and oxygen atoms in total. The van der Waals surface area contributed by atoms with Crippen molar-refractivity contribution in [2.24, 2.45) is 0 Å². The number of amides is 3. The first-order valence-electron chi connectivity index (χ1n) is 14.5. The van der Waals surface area contributed by atoms with E-state index in [9.17, 15) is 29.4 Å². The molecule has 0 aromatic rings. The van der Waals surface area contributed by atoms with Crippen LogP contribution in [0.3, 0.4) is 0 Å². The maximum absolute atomic E-state index is 12.7. The smallest absolute Gasteiger partial charge is 0.407 e. The van der Waals surface area contributed by atoms with Gasteiger partial charge in [0.15, 0.2) is 12.4 Å². The number of carbonyl (C=O) groups is 4. The topological polar surface area (TPSA) is 173 Å². The first-order valence-corrected chi connectivity index (χ1v) is 14.5. The van der Waals surface area contributed by atoms with E-state index in [1.165, 1.54) is 6.42 Å². The molecule has 2 aliphatic carbocycles. The van der Waals surface area contributed by atoms with Crippen molar-refractivity contribution >= 4 is 23.9 Å². The van der Waals surface area contributed by atoms with Crippen LogP contribution in [0.15, 0.2) is 0 Å². The molecule has 0 spiro atoms. The molecule has 222 valence electrons. The van der Waals surface area contributed by atoms with E-state index < -0.39 is 55.2 Å². The molecule has 39 heavy (non-hydrogen) atoms. The summed E-state index contributed by atoms with van der Waals surface area (Å²) in [5.41, 5.74) is 0. The maximum atomic E-state index is 12.7. The Morgan fingerprint density at radius 2 is 1.38 bits per heavy atom. The van der Waals surface area contributed by atoms with Gasteiger partial charge in [-0.2, -0.15) is 0 Å². The Hall–Kier alpha value is -2.44. The molecule has 0 aromatic carbocycles. The highest BCUT2D eigenvalue weighted by Crippen LogP contribution is 2.25. The van der Waals surface area contributed by atoms with Crippen LogP contribution in [0.5, 0.6) is 0 Å². The SMILES string of the molecule is CCCC(=O)N[C@H]1C(O)O[C@H](COC(=O)CCC(=O)NC2CCCCC2)[C@@H](OC(=O)NC2CCCCC2)[C@@H]1O. The standard InChI is InChI=1S/C27H45N3O9/c1-2-9-20(31)30-23-24(34)25(39-27(36)29-18-12-7-4-8-13-18)19(38-26(23)35)16-37-22(33)15-14-21(32)28-17-10-5-3-6-11-17/h17-19,23-26,34-35H,2-16H2,1H3,(H,28,32)(H,29,36)(H,30,31)/t19-,23-,24-,25-,26?/m1/s1. The van der Waals surface area contributed by atoms with Crippen LogP contribution in [0.1, 0.15) is 96.8 Å². The number of aliphatic hydroxyl groups excluding tert-OH is 2. The van der Waals surface area contributed by atoms with Gasteiger partial charge in [0.2, 0.25) is 11.8 Å². The first-order chi connectivity index (χ1) is 18.8. The van der Waals surface area contributed by atoms with Crippen molar-refractivity contribution in [2.45, 2.75) is 140 Å². The van der Waals surface area contributed by atoms with Crippen molar-refractivity contribution in [2.75, 3.05) is 6.61 Å². The zero-order valence-corrected chi connectivity index (χ0v) is 22.9. The van der Waals surface area contributed by atoms with Gasteiger partial charge in [0.25, 0.3) is 0 Å². The summed E-state index contributed by atoms with van der Waals surface area (Å²) in [6.07, 6.45) is 4.10. The fourth-order valence-corrected chi connectivity index (χ4v) is 5.44. The molecule has 0 bridgehead atoms. The van der Waals surface area contributed by atoms with E-state index in [-0.39, 0.29) is 37.3 Å². The number of ether oxygens (including phenoxy) is 3. The van der Waals surface area contributed by atoms with Crippen molar-refractivity contribution in [1.29, 1.82) is 0 Å². The Balaban J connectivity index is 1.55. The first kappa shape index (κ1) is 31.1. The van der Waals surface area contributed by atoms with E-state index >= 15 is 0 Å². The Kier molecular flexibility index (Phi) is 12.7. The largest absolute Gasteiger partial charge is 0.463 e. The summed E-state index contributed by atoms with van der Waals surface area (Å²) < 4.78 is 16.3. The molecule has 0 aromatic heterocycles. The number of alkyl carbamates (subject to hydrolysis) is 1. The van der Waals surface area contributed by atoms with Crippen LogP contribution in [0, 0.1) is 0 Å². The third-order valence-electron chi connectivity index (χ3n) is 7.60. The van der Waals surface area contributed by atoms with Gasteiger partial charge < -0.3 is 40.4 Å². The minimum Gasteiger partial charge on any atom is -0.463 e. The zero-order valence-electron chi connectivity index (χ0n) is 22.9. The maximum Gasteiger partial charge on any atom is 0.407 e. The number of nitrogens with one attached hydrogen (secondary N) is 3. The van der Waals surface area contributed by atoms with Gasteiger partial charge in [-0.25, -0.2) is 4.79 Å². The average molecular weight is 556 g/mol. The number of aliphatic hydroxyl groups is 2. The van der Waals surface area contributed by atoms with Crippen molar-refractivity contribution in [3.63, 3.8) is 0 Å². The molecule has 1 unspecified atom stereocenters. The fourth-order valence-electron chi connectivity index (χ4n) is 5.44. The minimum atomic E-state index is -1.62. The Bertz CT molecular complexity index is 814. The van der Waals surface area contributed by atoms with Gasteiger partial charge in [0.1, 0.15) is 24.9 Å². The molecule has 1 aliphatic heterocycles. The summed E-state index contributed by atoms with van der Waals surface area (Å²) in [5.74, 6) is -1.28. The van der Waals surface area contributed by atoms with Gasteiger partial charge in [-0.05, 0) is 32.1 Å². The summed E-state index contributed by atoms with van der Waals surface area (Å²) in [6, 6.07) is -1.15. The number of hydrogen-bond acceptors (Lipinski definition) is 9. The minimum absolute atomic E-state index is 0.0264. The quantitative estimate of drug-likeness (QED) is 0.237. The summed E-state index contributed by atoms with van der Waals surface area (Å²) in [4.78, 5) is 49.4. The molecule has 1 saturated heterocycles. The molecule has 3 fully saturated rings. The molecular formula is C27H45N3O9. The molecule has 3 rings (SSSR count). The Morgan fingerprint density at radius 1 is 0.795 bits per heavy atom. The number of rotatable bonds is 11. The van der Waals surface area contributed by atoms with Gasteiger partial charge in [-0.1, -0.05) is 45.4 Å². The lowest BCUT2D eigenvalue weighted by atomic mass is 9.95. The normalized spacial score (nSPS) is 28.2. The predicted octanol–water partition coefficient (Wildman–Crippen LogP) is 1.55. The second-order valence-corrected chi connectivity index (χ2v) is 10.8. The summed E-state index contributed by atoms with van der Waals surface area (Å²) in [5, 5.41) is 29.7. The average Bonchev–Trinajstić information content (AvgIpc) is 2.92. The predicted molar refractivity (Wildman–Crippen MR) is 139 cm³/mol. The molecule has 5 atom stereocenters. The van der Waals surface area contributed by atoms with E-state index in [1.54, 1.807) is 0 Å². The molecule has 0 radical (unpaired) electrons. The van der Waals surface area contributed by atoms with E-state index in [0.717, 1.165) is 57.8 Å². The molecule has 3 amide bonds. The van der Waals surface area contributed by atoms with Gasteiger partial charge in [0.05, 0.1) is 6.42 Å². The molecule has 3 aliphatic rings. The van der Waals surface area contributed by atoms with Crippen molar-refractivity contribution in [1.82, 2.24) is 16.0 Å². The molecule has 12 heteroatoms. The number of esters is 1. The Labute approximate surface area is 229 Å². The second-order valence-electron chi connectivity index (χ2n) is 10.8. The number of carbonyl (C=O) groups excluding carboxylic acids is 4. The fraction of sp³-hybridized carbons (Fsp3) is 0.852. The monoisotopic (exact) mass is 555 g/mol. The van der Waals surface area contributed by atoms with Crippen LogP contribution in [0.25, 0.3) is 0 Å². The second kappa shape index (κ2) is 16.0. The highest BCUT2D eigenvalue weighted by molar-refractivity contribution is 5.81. The lowest BCUT2D eigenvalue weighted by Gasteiger charge is -2.42. The zero-order chi connectivity index (χ0) is 28.2. The van der Waals surface area contributed by atoms with Gasteiger partial charge in [0, 0.05) is 24.9 Å². The summed E-state index contributed by atoms with van der Waals surface area (Å²) >= 11 is 0. The molecule has 2 saturated carbocycles.